The number of anilines is 1. The molecule has 188 valence electrons. The van der Waals surface area contributed by atoms with Crippen LogP contribution < -0.4 is 15.0 Å². The molecule has 1 aliphatic rings. The smallest absolute Gasteiger partial charge is 0.224 e. The summed E-state index contributed by atoms with van der Waals surface area (Å²) >= 11 is 1.61. The van der Waals surface area contributed by atoms with E-state index in [0.717, 1.165) is 61.8 Å². The Labute approximate surface area is 216 Å². The average Bonchev–Trinajstić information content (AvgIpc) is 3.59. The number of morpholine rings is 1. The number of nitrogens with one attached hydrogen (secondary N) is 2. The third-order valence-corrected chi connectivity index (χ3v) is 7.43. The van der Waals surface area contributed by atoms with Crippen molar-refractivity contribution in [2.45, 2.75) is 13.0 Å². The fraction of sp³-hybridized carbons (Fsp3) is 0.269. The van der Waals surface area contributed by atoms with E-state index in [0.29, 0.717) is 32.0 Å². The fourth-order valence-corrected chi connectivity index (χ4v) is 5.43. The van der Waals surface area contributed by atoms with Crippen LogP contribution in [0.15, 0.2) is 48.9 Å². The molecule has 5 aromatic rings. The molecule has 2 N–H and O–H groups in total. The van der Waals surface area contributed by atoms with Gasteiger partial charge in [-0.3, -0.25) is 14.9 Å². The van der Waals surface area contributed by atoms with E-state index >= 15 is 0 Å². The maximum absolute atomic E-state index is 12.6. The molecule has 0 unspecified atom stereocenters. The van der Waals surface area contributed by atoms with Gasteiger partial charge < -0.3 is 19.7 Å². The third-order valence-electron chi connectivity index (χ3n) is 6.31. The van der Waals surface area contributed by atoms with Crippen LogP contribution in [0.1, 0.15) is 10.4 Å². The van der Waals surface area contributed by atoms with Gasteiger partial charge in [-0.25, -0.2) is 9.97 Å². The average molecular weight is 516 g/mol. The van der Waals surface area contributed by atoms with E-state index in [9.17, 15) is 4.79 Å². The molecule has 0 radical (unpaired) electrons. The van der Waals surface area contributed by atoms with E-state index in [1.54, 1.807) is 37.0 Å². The first-order chi connectivity index (χ1) is 18.2. The van der Waals surface area contributed by atoms with Gasteiger partial charge in [0.05, 0.1) is 61.4 Å². The highest BCUT2D eigenvalue weighted by molar-refractivity contribution is 7.19. The number of ether oxygens (including phenoxy) is 2. The van der Waals surface area contributed by atoms with Crippen LogP contribution in [0.4, 0.5) is 5.82 Å². The fourth-order valence-electron chi connectivity index (χ4n) is 4.38. The molecule has 0 spiro atoms. The lowest BCUT2D eigenvalue weighted by atomic mass is 10.1. The number of carbonyl (C=O) groups excluding carboxylic acids is 1. The van der Waals surface area contributed by atoms with Crippen molar-refractivity contribution in [2.75, 3.05) is 38.3 Å². The van der Waals surface area contributed by atoms with Crippen molar-refractivity contribution in [3.63, 3.8) is 0 Å². The van der Waals surface area contributed by atoms with Crippen molar-refractivity contribution in [3.05, 3.63) is 59.4 Å². The van der Waals surface area contributed by atoms with Gasteiger partial charge in [0.15, 0.2) is 11.6 Å². The highest BCUT2D eigenvalue weighted by Gasteiger charge is 2.21. The first-order valence-electron chi connectivity index (χ1n) is 12.0. The molecule has 0 bridgehead atoms. The number of amides is 1. The first-order valence-corrected chi connectivity index (χ1v) is 12.8. The molecule has 10 nitrogen and oxygen atoms in total. The lowest BCUT2D eigenvalue weighted by Gasteiger charge is -2.28. The largest absolute Gasteiger partial charge is 0.497 e. The van der Waals surface area contributed by atoms with Gasteiger partial charge in [0.25, 0.3) is 0 Å². The summed E-state index contributed by atoms with van der Waals surface area (Å²) in [5.74, 6) is 2.21. The lowest BCUT2D eigenvalue weighted by molar-refractivity contribution is -0.120. The molecule has 1 amide bonds. The van der Waals surface area contributed by atoms with Gasteiger partial charge in [-0.05, 0) is 23.8 Å². The topological polar surface area (TPSA) is 118 Å². The molecule has 5 heterocycles. The number of nitrogens with zero attached hydrogens (tertiary/aromatic N) is 5. The molecule has 1 aromatic carbocycles. The summed E-state index contributed by atoms with van der Waals surface area (Å²) in [5, 5.41) is 11.1. The predicted molar refractivity (Wildman–Crippen MR) is 142 cm³/mol. The molecular formula is C26H25N7O3S. The van der Waals surface area contributed by atoms with E-state index in [1.807, 2.05) is 30.3 Å². The highest BCUT2D eigenvalue weighted by Crippen LogP contribution is 2.35. The Hall–Kier alpha value is -4.09. The summed E-state index contributed by atoms with van der Waals surface area (Å²) < 4.78 is 11.8. The lowest BCUT2D eigenvalue weighted by Crippen LogP contribution is -2.36. The van der Waals surface area contributed by atoms with Crippen molar-refractivity contribution in [3.8, 4) is 17.1 Å². The maximum Gasteiger partial charge on any atom is 0.224 e. The van der Waals surface area contributed by atoms with Crippen LogP contribution in [0.3, 0.4) is 0 Å². The number of thiophene rings is 1. The number of rotatable bonds is 7. The number of benzene rings is 1. The van der Waals surface area contributed by atoms with Gasteiger partial charge in [0, 0.05) is 35.1 Å². The minimum atomic E-state index is -0.0412. The second-order valence-electron chi connectivity index (χ2n) is 8.72. The van der Waals surface area contributed by atoms with Gasteiger partial charge in [0.1, 0.15) is 5.75 Å². The number of aromatic nitrogens is 5. The van der Waals surface area contributed by atoms with E-state index in [2.05, 4.69) is 25.4 Å². The van der Waals surface area contributed by atoms with Crippen LogP contribution in [0, 0.1) is 0 Å². The number of carbonyl (C=O) groups is 1. The Balaban J connectivity index is 1.29. The van der Waals surface area contributed by atoms with Gasteiger partial charge in [-0.2, -0.15) is 5.10 Å². The number of H-pyrrole nitrogens is 1. The molecule has 1 fully saturated rings. The van der Waals surface area contributed by atoms with Crippen LogP contribution in [0.2, 0.25) is 0 Å². The maximum atomic E-state index is 12.6. The monoisotopic (exact) mass is 515 g/mol. The molecule has 1 aliphatic heterocycles. The highest BCUT2D eigenvalue weighted by atomic mass is 32.1. The number of fused-ring (bicyclic) bond motifs is 2. The van der Waals surface area contributed by atoms with Gasteiger partial charge in [-0.1, -0.05) is 12.1 Å². The van der Waals surface area contributed by atoms with Crippen LogP contribution in [0.25, 0.3) is 32.5 Å². The second-order valence-corrected chi connectivity index (χ2v) is 9.85. The van der Waals surface area contributed by atoms with Crippen molar-refractivity contribution in [1.82, 2.24) is 30.5 Å². The number of methoxy groups -OCH3 is 1. The minimum absolute atomic E-state index is 0.0412. The van der Waals surface area contributed by atoms with Gasteiger partial charge in [0.2, 0.25) is 5.91 Å². The van der Waals surface area contributed by atoms with Crippen LogP contribution in [-0.2, 0) is 22.5 Å². The van der Waals surface area contributed by atoms with E-state index < -0.39 is 0 Å². The third kappa shape index (κ3) is 4.83. The number of pyridine rings is 1. The molecule has 0 aliphatic carbocycles. The summed E-state index contributed by atoms with van der Waals surface area (Å²) in [5.41, 5.74) is 3.43. The normalized spacial score (nSPS) is 13.8. The van der Waals surface area contributed by atoms with Crippen LogP contribution in [-0.4, -0.2) is 64.5 Å². The molecule has 6 rings (SSSR count). The van der Waals surface area contributed by atoms with E-state index in [4.69, 9.17) is 19.4 Å². The molecule has 1 saturated heterocycles. The molecule has 0 atom stereocenters. The van der Waals surface area contributed by atoms with Crippen LogP contribution in [0.5, 0.6) is 5.75 Å². The van der Waals surface area contributed by atoms with Crippen molar-refractivity contribution in [2.24, 2.45) is 0 Å². The minimum Gasteiger partial charge on any atom is -0.497 e. The van der Waals surface area contributed by atoms with Gasteiger partial charge in [-0.15, -0.1) is 11.3 Å². The SMILES string of the molecule is COc1ccc(CC(=O)NCc2cc3nc(-c4cncc5[nH]ncc45)nc(N4CCOCC4)c3s2)cc1. The van der Waals surface area contributed by atoms with Gasteiger partial charge >= 0.3 is 0 Å². The Kier molecular flexibility index (Phi) is 6.37. The van der Waals surface area contributed by atoms with E-state index in [1.165, 1.54) is 0 Å². The summed E-state index contributed by atoms with van der Waals surface area (Å²) in [6, 6.07) is 9.55. The number of hydrogen-bond acceptors (Lipinski definition) is 9. The zero-order valence-corrected chi connectivity index (χ0v) is 21.0. The predicted octanol–water partition coefficient (Wildman–Crippen LogP) is 3.33. The van der Waals surface area contributed by atoms with Crippen molar-refractivity contribution >= 4 is 44.2 Å². The standard InChI is InChI=1S/C26H25N7O3S/c1-35-17-4-2-16(3-5-17)10-23(34)28-12-18-11-21-24(37-18)26(33-6-8-36-9-7-33)31-25(30-21)20-13-27-15-22-19(20)14-29-32-22/h2-5,11,13-15H,6-10,12H2,1H3,(H,28,34)(H,29,32). The Bertz CT molecular complexity index is 1560. The molecular weight excluding hydrogens is 490 g/mol. The Morgan fingerprint density at radius 2 is 2.00 bits per heavy atom. The second kappa shape index (κ2) is 10.1. The van der Waals surface area contributed by atoms with Crippen LogP contribution >= 0.6 is 11.3 Å². The summed E-state index contributed by atoms with van der Waals surface area (Å²) in [4.78, 5) is 30.1. The summed E-state index contributed by atoms with van der Waals surface area (Å²) in [6.45, 7) is 3.24. The Morgan fingerprint density at radius 3 is 2.81 bits per heavy atom. The summed E-state index contributed by atoms with van der Waals surface area (Å²) in [6.07, 6.45) is 5.59. The molecule has 4 aromatic heterocycles. The van der Waals surface area contributed by atoms with E-state index in [-0.39, 0.29) is 5.91 Å². The zero-order chi connectivity index (χ0) is 25.2. The molecule has 11 heteroatoms. The zero-order valence-electron chi connectivity index (χ0n) is 20.2. The first kappa shape index (κ1) is 23.3. The quantitative estimate of drug-likeness (QED) is 0.339. The van der Waals surface area contributed by atoms with Crippen molar-refractivity contribution < 1.29 is 14.3 Å². The molecule has 37 heavy (non-hydrogen) atoms. The Morgan fingerprint density at radius 1 is 1.16 bits per heavy atom. The summed E-state index contributed by atoms with van der Waals surface area (Å²) in [7, 11) is 1.62. The number of aromatic amines is 1. The van der Waals surface area contributed by atoms with Crippen molar-refractivity contribution in [1.29, 1.82) is 0 Å². The number of hydrogen-bond donors (Lipinski definition) is 2. The molecule has 0 saturated carbocycles.